The molecule has 112 valence electrons. The molecule has 0 aromatic heterocycles. The molecular weight excluding hydrogens is 320 g/mol. The van der Waals surface area contributed by atoms with Crippen LogP contribution < -0.4 is 10.6 Å². The highest BCUT2D eigenvalue weighted by Gasteiger charge is 2.13. The topological polar surface area (TPSA) is 61.4 Å². The number of nitrogens with one attached hydrogen (secondary N) is 2. The Balaban J connectivity index is 2.26. The Morgan fingerprint density at radius 1 is 1.40 bits per heavy atom. The molecule has 1 rings (SSSR count). The number of aliphatic hydroxyl groups is 1. The van der Waals surface area contributed by atoms with Crippen LogP contribution in [0.3, 0.4) is 0 Å². The summed E-state index contributed by atoms with van der Waals surface area (Å²) >= 11 is 3.37. The second-order valence-corrected chi connectivity index (χ2v) is 6.74. The summed E-state index contributed by atoms with van der Waals surface area (Å²) in [6, 6.07) is 7.57. The number of rotatable bonds is 6. The van der Waals surface area contributed by atoms with E-state index in [1.165, 1.54) is 0 Å². The van der Waals surface area contributed by atoms with E-state index < -0.39 is 6.10 Å². The molecule has 3 N–H and O–H groups in total. The van der Waals surface area contributed by atoms with Gasteiger partial charge in [-0.15, -0.1) is 0 Å². The predicted molar refractivity (Wildman–Crippen MR) is 84.5 cm³/mol. The van der Waals surface area contributed by atoms with E-state index in [0.717, 1.165) is 10.0 Å². The second kappa shape index (κ2) is 7.76. The third-order valence-corrected chi connectivity index (χ3v) is 3.11. The van der Waals surface area contributed by atoms with Gasteiger partial charge in [0.05, 0.1) is 6.10 Å². The van der Waals surface area contributed by atoms with Gasteiger partial charge in [-0.25, -0.2) is 0 Å². The number of carbonyl (C=O) groups is 1. The van der Waals surface area contributed by atoms with Crippen molar-refractivity contribution in [1.82, 2.24) is 10.6 Å². The van der Waals surface area contributed by atoms with Crippen molar-refractivity contribution < 1.29 is 9.90 Å². The lowest BCUT2D eigenvalue weighted by molar-refractivity contribution is -0.122. The van der Waals surface area contributed by atoms with E-state index in [1.54, 1.807) is 0 Å². The van der Waals surface area contributed by atoms with Crippen molar-refractivity contribution in [2.45, 2.75) is 38.8 Å². The summed E-state index contributed by atoms with van der Waals surface area (Å²) < 4.78 is 0.943. The second-order valence-electron chi connectivity index (χ2n) is 5.82. The van der Waals surface area contributed by atoms with E-state index in [-0.39, 0.29) is 11.4 Å². The zero-order valence-electron chi connectivity index (χ0n) is 12.2. The van der Waals surface area contributed by atoms with E-state index in [1.807, 2.05) is 45.0 Å². The minimum atomic E-state index is -0.571. The predicted octanol–water partition coefficient (Wildman–Crippen LogP) is 2.38. The summed E-state index contributed by atoms with van der Waals surface area (Å²) in [7, 11) is 0. The SMILES string of the molecule is CC(C)(C)NC(=O)CCNCC(O)c1cccc(Br)c1. The van der Waals surface area contributed by atoms with E-state index in [9.17, 15) is 9.90 Å². The number of hydrogen-bond acceptors (Lipinski definition) is 3. The van der Waals surface area contributed by atoms with Crippen LogP contribution >= 0.6 is 15.9 Å². The molecule has 5 heteroatoms. The zero-order valence-corrected chi connectivity index (χ0v) is 13.8. The minimum Gasteiger partial charge on any atom is -0.387 e. The molecule has 1 atom stereocenters. The largest absolute Gasteiger partial charge is 0.387 e. The summed E-state index contributed by atoms with van der Waals surface area (Å²) in [5, 5.41) is 16.0. The van der Waals surface area contributed by atoms with Gasteiger partial charge in [0.15, 0.2) is 0 Å². The van der Waals surface area contributed by atoms with Crippen molar-refractivity contribution >= 4 is 21.8 Å². The standard InChI is InChI=1S/C15H23BrN2O2/c1-15(2,3)18-14(20)7-8-17-10-13(19)11-5-4-6-12(16)9-11/h4-6,9,13,17,19H,7-8,10H2,1-3H3,(H,18,20). The summed E-state index contributed by atoms with van der Waals surface area (Å²) in [5.74, 6) is 0.0157. The third kappa shape index (κ3) is 7.03. The lowest BCUT2D eigenvalue weighted by atomic mass is 10.1. The van der Waals surface area contributed by atoms with E-state index >= 15 is 0 Å². The van der Waals surface area contributed by atoms with Gasteiger partial charge in [0, 0.05) is 29.5 Å². The minimum absolute atomic E-state index is 0.0157. The Kier molecular flexibility index (Phi) is 6.65. The molecule has 0 spiro atoms. The number of amides is 1. The average molecular weight is 343 g/mol. The molecule has 20 heavy (non-hydrogen) atoms. The maximum absolute atomic E-state index is 11.6. The maximum Gasteiger partial charge on any atom is 0.221 e. The Morgan fingerprint density at radius 3 is 2.70 bits per heavy atom. The molecule has 0 bridgehead atoms. The van der Waals surface area contributed by atoms with Gasteiger partial charge in [0.25, 0.3) is 0 Å². The van der Waals surface area contributed by atoms with Crippen LogP contribution in [0.2, 0.25) is 0 Å². The molecule has 0 aliphatic rings. The molecule has 0 heterocycles. The van der Waals surface area contributed by atoms with Gasteiger partial charge in [0.2, 0.25) is 5.91 Å². The number of hydrogen-bond donors (Lipinski definition) is 3. The number of aliphatic hydroxyl groups excluding tert-OH is 1. The zero-order chi connectivity index (χ0) is 15.2. The van der Waals surface area contributed by atoms with Crippen LogP contribution in [0.25, 0.3) is 0 Å². The Morgan fingerprint density at radius 2 is 2.10 bits per heavy atom. The Labute approximate surface area is 129 Å². The highest BCUT2D eigenvalue weighted by atomic mass is 79.9. The molecule has 0 aliphatic carbocycles. The van der Waals surface area contributed by atoms with Crippen LogP contribution in [0.4, 0.5) is 0 Å². The fourth-order valence-corrected chi connectivity index (χ4v) is 2.17. The van der Waals surface area contributed by atoms with E-state index in [0.29, 0.717) is 19.5 Å². The van der Waals surface area contributed by atoms with Gasteiger partial charge < -0.3 is 15.7 Å². The van der Waals surface area contributed by atoms with Crippen molar-refractivity contribution in [2.24, 2.45) is 0 Å². The highest BCUT2D eigenvalue weighted by molar-refractivity contribution is 9.10. The summed E-state index contributed by atoms with van der Waals surface area (Å²) in [6.07, 6.45) is -0.166. The van der Waals surface area contributed by atoms with Crippen molar-refractivity contribution in [3.63, 3.8) is 0 Å². The molecular formula is C15H23BrN2O2. The van der Waals surface area contributed by atoms with Crippen LogP contribution in [-0.2, 0) is 4.79 Å². The Hall–Kier alpha value is -0.910. The van der Waals surface area contributed by atoms with Crippen LogP contribution in [0, 0.1) is 0 Å². The first kappa shape index (κ1) is 17.1. The number of halogens is 1. The van der Waals surface area contributed by atoms with E-state index in [4.69, 9.17) is 0 Å². The molecule has 0 saturated carbocycles. The van der Waals surface area contributed by atoms with Crippen molar-refractivity contribution in [2.75, 3.05) is 13.1 Å². The van der Waals surface area contributed by atoms with Gasteiger partial charge in [-0.3, -0.25) is 4.79 Å². The van der Waals surface area contributed by atoms with Crippen molar-refractivity contribution in [3.8, 4) is 0 Å². The summed E-state index contributed by atoms with van der Waals surface area (Å²) in [6.45, 7) is 6.84. The van der Waals surface area contributed by atoms with E-state index in [2.05, 4.69) is 26.6 Å². The molecule has 0 radical (unpaired) electrons. The first-order valence-corrected chi connectivity index (χ1v) is 7.52. The van der Waals surface area contributed by atoms with Crippen LogP contribution in [0.15, 0.2) is 28.7 Å². The van der Waals surface area contributed by atoms with Crippen molar-refractivity contribution in [3.05, 3.63) is 34.3 Å². The highest BCUT2D eigenvalue weighted by Crippen LogP contribution is 2.17. The molecule has 1 amide bonds. The van der Waals surface area contributed by atoms with Gasteiger partial charge in [-0.1, -0.05) is 28.1 Å². The molecule has 1 aromatic rings. The molecule has 4 nitrogen and oxygen atoms in total. The summed E-state index contributed by atoms with van der Waals surface area (Å²) in [5.41, 5.74) is 0.651. The smallest absolute Gasteiger partial charge is 0.221 e. The lowest BCUT2D eigenvalue weighted by Crippen LogP contribution is -2.41. The lowest BCUT2D eigenvalue weighted by Gasteiger charge is -2.20. The molecule has 0 saturated heterocycles. The van der Waals surface area contributed by atoms with Crippen LogP contribution in [-0.4, -0.2) is 29.6 Å². The third-order valence-electron chi connectivity index (χ3n) is 2.61. The fraction of sp³-hybridized carbons (Fsp3) is 0.533. The first-order chi connectivity index (χ1) is 9.28. The maximum atomic E-state index is 11.6. The first-order valence-electron chi connectivity index (χ1n) is 6.73. The Bertz CT molecular complexity index is 444. The summed E-state index contributed by atoms with van der Waals surface area (Å²) in [4.78, 5) is 11.6. The quantitative estimate of drug-likeness (QED) is 0.695. The van der Waals surface area contributed by atoms with Gasteiger partial charge in [-0.05, 0) is 38.5 Å². The van der Waals surface area contributed by atoms with Gasteiger partial charge >= 0.3 is 0 Å². The molecule has 1 unspecified atom stereocenters. The van der Waals surface area contributed by atoms with Crippen molar-refractivity contribution in [1.29, 1.82) is 0 Å². The molecule has 0 fully saturated rings. The normalized spacial score (nSPS) is 13.1. The fourth-order valence-electron chi connectivity index (χ4n) is 1.75. The van der Waals surface area contributed by atoms with Crippen LogP contribution in [0.1, 0.15) is 38.9 Å². The average Bonchev–Trinajstić information content (AvgIpc) is 2.32. The van der Waals surface area contributed by atoms with Gasteiger partial charge in [0.1, 0.15) is 0 Å². The molecule has 1 aromatic carbocycles. The monoisotopic (exact) mass is 342 g/mol. The number of carbonyl (C=O) groups excluding carboxylic acids is 1. The van der Waals surface area contributed by atoms with Crippen LogP contribution in [0.5, 0.6) is 0 Å². The van der Waals surface area contributed by atoms with Gasteiger partial charge in [-0.2, -0.15) is 0 Å². The molecule has 0 aliphatic heterocycles. The number of benzene rings is 1.